The fourth-order valence-electron chi connectivity index (χ4n) is 9.03. The maximum Gasteiger partial charge on any atom is 0.0755 e. The van der Waals surface area contributed by atoms with Crippen LogP contribution in [0.15, 0.2) is 182 Å². The molecule has 0 saturated carbocycles. The van der Waals surface area contributed by atoms with Crippen molar-refractivity contribution in [3.05, 3.63) is 227 Å². The second-order valence-electron chi connectivity index (χ2n) is 14.6. The smallest absolute Gasteiger partial charge is 0.0755 e. The minimum absolute atomic E-state index is 0.446. The first-order chi connectivity index (χ1) is 29.1. The number of aryl methyl sites for hydroxylation is 3. The molecule has 0 saturated heterocycles. The second-order valence-corrected chi connectivity index (χ2v) is 14.6. The summed E-state index contributed by atoms with van der Waals surface area (Å²) in [7, 11) is 1.50. The molecule has 2 heterocycles. The van der Waals surface area contributed by atoms with Gasteiger partial charge < -0.3 is 20.9 Å². The first kappa shape index (κ1) is 40.7. The Morgan fingerprint density at radius 3 is 1.56 bits per heavy atom. The maximum atomic E-state index is 6.47. The Bertz CT molecular complexity index is 2570. The van der Waals surface area contributed by atoms with Crippen LogP contribution in [0, 0.1) is 13.8 Å². The van der Waals surface area contributed by atoms with Crippen LogP contribution in [-0.2, 0) is 18.5 Å². The van der Waals surface area contributed by atoms with E-state index in [9.17, 15) is 0 Å². The number of nitrogens with zero attached hydrogens (tertiary/aromatic N) is 2. The molecule has 7 aromatic carbocycles. The summed E-state index contributed by atoms with van der Waals surface area (Å²) in [4.78, 5) is 2.48. The quantitative estimate of drug-likeness (QED) is 0.184. The summed E-state index contributed by atoms with van der Waals surface area (Å²) in [5.41, 5.74) is 28.6. The van der Waals surface area contributed by atoms with Crippen LogP contribution < -0.4 is 16.4 Å². The van der Waals surface area contributed by atoms with Gasteiger partial charge in [-0.05, 0) is 109 Å². The van der Waals surface area contributed by atoms with Gasteiger partial charge in [-0.3, -0.25) is 0 Å². The number of nitrogens with two attached hydrogens (primary N) is 2. The summed E-state index contributed by atoms with van der Waals surface area (Å²) >= 11 is 0. The summed E-state index contributed by atoms with van der Waals surface area (Å²) in [5.74, 6) is 0. The second kappa shape index (κ2) is 18.4. The third kappa shape index (κ3) is 7.31. The molecule has 0 fully saturated rings. The van der Waals surface area contributed by atoms with Gasteiger partial charge in [-0.25, -0.2) is 0 Å². The van der Waals surface area contributed by atoms with E-state index in [1.54, 1.807) is 0 Å². The zero-order chi connectivity index (χ0) is 41.4. The summed E-state index contributed by atoms with van der Waals surface area (Å²) in [5, 5.41) is 1.31. The van der Waals surface area contributed by atoms with Crippen molar-refractivity contribution in [3.63, 3.8) is 0 Å². The van der Waals surface area contributed by atoms with Gasteiger partial charge in [0, 0.05) is 16.8 Å². The van der Waals surface area contributed by atoms with Crippen molar-refractivity contribution in [3.8, 4) is 11.1 Å². The molecular weight excluding hydrogens is 717 g/mol. The predicted octanol–water partition coefficient (Wildman–Crippen LogP) is 13.3. The Hall–Kier alpha value is -6.46. The highest BCUT2D eigenvalue weighted by Crippen LogP contribution is 2.63. The van der Waals surface area contributed by atoms with Gasteiger partial charge in [-0.15, -0.1) is 0 Å². The number of hydrogen-bond donors (Lipinski definition) is 2. The Morgan fingerprint density at radius 1 is 0.542 bits per heavy atom. The van der Waals surface area contributed by atoms with Gasteiger partial charge in [0.25, 0.3) is 0 Å². The molecule has 1 spiro atoms. The highest BCUT2D eigenvalue weighted by Gasteiger charge is 2.52. The lowest BCUT2D eigenvalue weighted by atomic mass is 9.64. The minimum Gasteiger partial charge on any atom is -0.333 e. The van der Waals surface area contributed by atoms with Crippen LogP contribution in [0.25, 0.3) is 28.1 Å². The molecule has 8 aromatic rings. The van der Waals surface area contributed by atoms with Crippen LogP contribution in [0.4, 0.5) is 17.1 Å². The van der Waals surface area contributed by atoms with Crippen molar-refractivity contribution in [1.29, 1.82) is 0 Å². The molecule has 4 N–H and O–H groups in total. The Morgan fingerprint density at radius 2 is 1.03 bits per heavy atom. The first-order valence-corrected chi connectivity index (χ1v) is 20.9. The molecule has 3 aliphatic rings. The summed E-state index contributed by atoms with van der Waals surface area (Å²) in [6.45, 7) is 8.62. The Labute approximate surface area is 351 Å². The molecular formula is C55H56N4. The number of aromatic nitrogens is 1. The molecule has 1 aliphatic heterocycles. The highest BCUT2D eigenvalue weighted by molar-refractivity contribution is 6.01. The standard InChI is InChI=1S/C38H29N3.2C7H8.C2H6.CH5N/c39-24-40-34-20-10-6-16-28(34)29-22-37-33(23-36(29)40)38(30-17-7-4-14-26(30)27-15-5-8-18-31(27)38)32-19-9-11-21-35(32)41(37)25-12-2-1-3-13-25;2*1-7-5-3-2-4-6-7;2*1-2/h1-5,7-15,17-23H,6,16,24,39H2;2*2-6H,1H3;1-2H3;2H2,1H3. The fourth-order valence-corrected chi connectivity index (χ4v) is 9.03. The maximum absolute atomic E-state index is 6.47. The number of allylic oxidation sites excluding steroid dienone is 1. The summed E-state index contributed by atoms with van der Waals surface area (Å²) < 4.78 is 2.31. The van der Waals surface area contributed by atoms with E-state index >= 15 is 0 Å². The van der Waals surface area contributed by atoms with E-state index in [-0.39, 0.29) is 0 Å². The number of benzene rings is 7. The zero-order valence-corrected chi connectivity index (χ0v) is 35.1. The van der Waals surface area contributed by atoms with E-state index in [4.69, 9.17) is 5.73 Å². The average Bonchev–Trinajstić information content (AvgIpc) is 3.78. The van der Waals surface area contributed by atoms with E-state index in [0.717, 1.165) is 12.8 Å². The van der Waals surface area contributed by atoms with Crippen molar-refractivity contribution >= 4 is 34.0 Å². The molecule has 11 rings (SSSR count). The van der Waals surface area contributed by atoms with Gasteiger partial charge >= 0.3 is 0 Å². The van der Waals surface area contributed by atoms with E-state index in [1.165, 1.54) is 90.8 Å². The van der Waals surface area contributed by atoms with Gasteiger partial charge in [0.15, 0.2) is 0 Å². The third-order valence-electron chi connectivity index (χ3n) is 11.4. The van der Waals surface area contributed by atoms with Crippen molar-refractivity contribution in [1.82, 2.24) is 4.57 Å². The van der Waals surface area contributed by atoms with Crippen molar-refractivity contribution in [2.75, 3.05) is 11.9 Å². The topological polar surface area (TPSA) is 60.2 Å². The van der Waals surface area contributed by atoms with Crippen LogP contribution in [-0.4, -0.2) is 11.6 Å². The Kier molecular flexibility index (Phi) is 12.7. The molecule has 2 aliphatic carbocycles. The van der Waals surface area contributed by atoms with Crippen LogP contribution in [0.1, 0.15) is 64.9 Å². The molecule has 0 atom stereocenters. The monoisotopic (exact) mass is 772 g/mol. The average molecular weight is 773 g/mol. The molecule has 0 radical (unpaired) electrons. The third-order valence-corrected chi connectivity index (χ3v) is 11.4. The Balaban J connectivity index is 0.000000246. The number of fused-ring (bicyclic) bond motifs is 12. The molecule has 0 amide bonds. The van der Waals surface area contributed by atoms with Gasteiger partial charge in [0.1, 0.15) is 0 Å². The van der Waals surface area contributed by atoms with Crippen LogP contribution in [0.2, 0.25) is 0 Å². The van der Waals surface area contributed by atoms with Crippen molar-refractivity contribution < 1.29 is 0 Å². The van der Waals surface area contributed by atoms with Crippen LogP contribution in [0.5, 0.6) is 0 Å². The van der Waals surface area contributed by atoms with E-state index in [1.807, 2.05) is 50.2 Å². The fraction of sp³-hybridized carbons (Fsp3) is 0.164. The van der Waals surface area contributed by atoms with Gasteiger partial charge in [-0.1, -0.05) is 177 Å². The van der Waals surface area contributed by atoms with E-state index in [2.05, 4.69) is 181 Å². The van der Waals surface area contributed by atoms with Crippen LogP contribution >= 0.6 is 0 Å². The van der Waals surface area contributed by atoms with Gasteiger partial charge in [0.2, 0.25) is 0 Å². The van der Waals surface area contributed by atoms with E-state index < -0.39 is 5.41 Å². The number of hydrogen-bond acceptors (Lipinski definition) is 3. The highest BCUT2D eigenvalue weighted by atomic mass is 15.2. The molecule has 0 bridgehead atoms. The lowest BCUT2D eigenvalue weighted by Gasteiger charge is -2.45. The lowest BCUT2D eigenvalue weighted by molar-refractivity contribution is 0.738. The van der Waals surface area contributed by atoms with E-state index in [0.29, 0.717) is 6.67 Å². The molecule has 4 heteroatoms. The molecule has 59 heavy (non-hydrogen) atoms. The normalized spacial score (nSPS) is 13.0. The number of para-hydroxylation sites is 2. The predicted molar refractivity (Wildman–Crippen MR) is 253 cm³/mol. The minimum atomic E-state index is -0.446. The molecule has 0 unspecified atom stereocenters. The van der Waals surface area contributed by atoms with Crippen molar-refractivity contribution in [2.45, 2.75) is 52.6 Å². The molecule has 296 valence electrons. The number of rotatable bonds is 2. The van der Waals surface area contributed by atoms with Crippen molar-refractivity contribution in [2.24, 2.45) is 11.5 Å². The molecule has 1 aromatic heterocycles. The SMILES string of the molecule is CC.CN.Cc1ccccc1.Cc1ccccc1.NCn1c2c(c3cc4c(cc31)C1(c3ccccc3-c3ccccc31)c1ccccc1N4c1ccccc1)CCC=C2. The molecule has 4 nitrogen and oxygen atoms in total. The lowest BCUT2D eigenvalue weighted by Crippen LogP contribution is -2.36. The largest absolute Gasteiger partial charge is 0.333 e. The van der Waals surface area contributed by atoms with Crippen LogP contribution in [0.3, 0.4) is 0 Å². The summed E-state index contributed by atoms with van der Waals surface area (Å²) in [6, 6.07) is 63.3. The first-order valence-electron chi connectivity index (χ1n) is 20.9. The van der Waals surface area contributed by atoms with Gasteiger partial charge in [0.05, 0.1) is 29.0 Å². The number of anilines is 3. The zero-order valence-electron chi connectivity index (χ0n) is 35.1. The van der Waals surface area contributed by atoms with Gasteiger partial charge in [-0.2, -0.15) is 0 Å². The summed E-state index contributed by atoms with van der Waals surface area (Å²) in [6.07, 6.45) is 6.64.